The number of nitrogens with zero attached hydrogens (tertiary/aromatic N) is 1. The highest BCUT2D eigenvalue weighted by molar-refractivity contribution is 5.74. The van der Waals surface area contributed by atoms with Crippen LogP contribution >= 0.6 is 0 Å². The Balaban J connectivity index is 2.05. The van der Waals surface area contributed by atoms with Crippen molar-refractivity contribution in [3.8, 4) is 5.75 Å². The molecule has 1 amide bonds. The van der Waals surface area contributed by atoms with Gasteiger partial charge in [0.2, 0.25) is 5.91 Å². The number of hydrogen-bond acceptors (Lipinski definition) is 3. The van der Waals surface area contributed by atoms with Crippen molar-refractivity contribution < 1.29 is 14.6 Å². The minimum Gasteiger partial charge on any atom is -0.494 e. The van der Waals surface area contributed by atoms with Crippen LogP contribution in [-0.2, 0) is 4.79 Å². The van der Waals surface area contributed by atoms with E-state index in [9.17, 15) is 9.90 Å². The molecule has 3 rings (SSSR count). The lowest BCUT2D eigenvalue weighted by molar-refractivity contribution is -0.153. The lowest BCUT2D eigenvalue weighted by Crippen LogP contribution is -2.55. The maximum absolute atomic E-state index is 12.2. The minimum atomic E-state index is -0.645. The molecule has 4 nitrogen and oxygen atoms in total. The van der Waals surface area contributed by atoms with Gasteiger partial charge >= 0.3 is 0 Å². The normalized spacial score (nSPS) is 30.7. The van der Waals surface area contributed by atoms with Crippen molar-refractivity contribution in [2.24, 2.45) is 5.92 Å². The standard InChI is InChI=1S/C19H27NO3/c1-3-23-17-10-5-4-8-15(17)18-16-9-6-7-11-19(16,22)12-13-20(18)14(2)21/h4-5,8,10,16,18,22H,3,6-7,9,11-13H2,1-2H3/t16?,18-,19?/m0/s1. The Morgan fingerprint density at radius 1 is 1.35 bits per heavy atom. The van der Waals surface area contributed by atoms with Gasteiger partial charge in [0.1, 0.15) is 5.75 Å². The molecule has 3 atom stereocenters. The van der Waals surface area contributed by atoms with Gasteiger partial charge in [0.05, 0.1) is 18.2 Å². The van der Waals surface area contributed by atoms with E-state index in [1.165, 1.54) is 0 Å². The number of fused-ring (bicyclic) bond motifs is 1. The molecule has 0 aromatic heterocycles. The molecule has 1 N–H and O–H groups in total. The highest BCUT2D eigenvalue weighted by Gasteiger charge is 2.50. The third kappa shape index (κ3) is 2.97. The Labute approximate surface area is 138 Å². The van der Waals surface area contributed by atoms with Crippen LogP contribution in [0.3, 0.4) is 0 Å². The quantitative estimate of drug-likeness (QED) is 0.930. The van der Waals surface area contributed by atoms with Gasteiger partial charge in [-0.15, -0.1) is 0 Å². The van der Waals surface area contributed by atoms with Gasteiger partial charge in [-0.1, -0.05) is 31.0 Å². The molecule has 2 aliphatic rings. The van der Waals surface area contributed by atoms with Crippen LogP contribution in [0.15, 0.2) is 24.3 Å². The third-order valence-corrected chi connectivity index (χ3v) is 5.51. The average Bonchev–Trinajstić information content (AvgIpc) is 2.54. The molecular weight excluding hydrogens is 290 g/mol. The second-order valence-electron chi connectivity index (χ2n) is 6.83. The van der Waals surface area contributed by atoms with Gasteiger partial charge in [0, 0.05) is 24.9 Å². The predicted molar refractivity (Wildman–Crippen MR) is 89.3 cm³/mol. The van der Waals surface area contributed by atoms with E-state index in [2.05, 4.69) is 0 Å². The van der Waals surface area contributed by atoms with E-state index in [4.69, 9.17) is 4.74 Å². The van der Waals surface area contributed by atoms with Crippen molar-refractivity contribution in [3.63, 3.8) is 0 Å². The number of carbonyl (C=O) groups is 1. The van der Waals surface area contributed by atoms with Crippen LogP contribution in [0, 0.1) is 5.92 Å². The van der Waals surface area contributed by atoms with Gasteiger partial charge in [-0.3, -0.25) is 4.79 Å². The molecule has 1 heterocycles. The Morgan fingerprint density at radius 3 is 2.87 bits per heavy atom. The van der Waals surface area contributed by atoms with Crippen molar-refractivity contribution in [1.29, 1.82) is 0 Å². The lowest BCUT2D eigenvalue weighted by Gasteiger charge is -2.52. The lowest BCUT2D eigenvalue weighted by atomic mass is 9.66. The first-order valence-corrected chi connectivity index (χ1v) is 8.78. The number of rotatable bonds is 3. The molecule has 4 heteroatoms. The number of ether oxygens (including phenoxy) is 1. The second-order valence-corrected chi connectivity index (χ2v) is 6.83. The van der Waals surface area contributed by atoms with Crippen LogP contribution in [0.5, 0.6) is 5.75 Å². The molecule has 1 saturated heterocycles. The second kappa shape index (κ2) is 6.52. The summed E-state index contributed by atoms with van der Waals surface area (Å²) in [6.07, 6.45) is 4.69. The van der Waals surface area contributed by atoms with E-state index in [0.717, 1.165) is 37.0 Å². The first-order valence-electron chi connectivity index (χ1n) is 8.78. The van der Waals surface area contributed by atoms with Gasteiger partial charge in [0.25, 0.3) is 0 Å². The van der Waals surface area contributed by atoms with Gasteiger partial charge in [-0.05, 0) is 32.3 Å². The largest absolute Gasteiger partial charge is 0.494 e. The molecule has 0 bridgehead atoms. The van der Waals surface area contributed by atoms with Gasteiger partial charge in [0.15, 0.2) is 0 Å². The zero-order chi connectivity index (χ0) is 16.4. The summed E-state index contributed by atoms with van der Waals surface area (Å²) in [4.78, 5) is 14.2. The van der Waals surface area contributed by atoms with Gasteiger partial charge < -0.3 is 14.7 Å². The maximum atomic E-state index is 12.2. The summed E-state index contributed by atoms with van der Waals surface area (Å²) in [5.74, 6) is 1.01. The number of benzene rings is 1. The molecule has 1 aromatic carbocycles. The van der Waals surface area contributed by atoms with Crippen LogP contribution in [0.2, 0.25) is 0 Å². The van der Waals surface area contributed by atoms with Crippen molar-refractivity contribution >= 4 is 5.91 Å². The van der Waals surface area contributed by atoms with E-state index >= 15 is 0 Å². The molecule has 2 unspecified atom stereocenters. The van der Waals surface area contributed by atoms with E-state index in [0.29, 0.717) is 19.6 Å². The maximum Gasteiger partial charge on any atom is 0.219 e. The number of hydrogen-bond donors (Lipinski definition) is 1. The fourth-order valence-corrected chi connectivity index (χ4v) is 4.43. The molecule has 126 valence electrons. The van der Waals surface area contributed by atoms with E-state index in [1.807, 2.05) is 36.1 Å². The first kappa shape index (κ1) is 16.3. The fraction of sp³-hybridized carbons (Fsp3) is 0.632. The molecule has 1 aliphatic heterocycles. The van der Waals surface area contributed by atoms with Crippen molar-refractivity contribution in [3.05, 3.63) is 29.8 Å². The van der Waals surface area contributed by atoms with Gasteiger partial charge in [-0.25, -0.2) is 0 Å². The number of amides is 1. The van der Waals surface area contributed by atoms with Crippen molar-refractivity contribution in [2.45, 2.75) is 57.6 Å². The van der Waals surface area contributed by atoms with Crippen LogP contribution in [-0.4, -0.2) is 34.7 Å². The summed E-state index contributed by atoms with van der Waals surface area (Å²) in [6.45, 7) is 4.81. The van der Waals surface area contributed by atoms with E-state index in [-0.39, 0.29) is 17.9 Å². The van der Waals surface area contributed by atoms with Crippen LogP contribution < -0.4 is 4.74 Å². The number of para-hydroxylation sites is 1. The summed E-state index contributed by atoms with van der Waals surface area (Å²) in [6, 6.07) is 7.88. The van der Waals surface area contributed by atoms with Crippen LogP contribution in [0.25, 0.3) is 0 Å². The summed E-state index contributed by atoms with van der Waals surface area (Å²) in [5, 5.41) is 11.2. The molecule has 0 radical (unpaired) electrons. The van der Waals surface area contributed by atoms with Gasteiger partial charge in [-0.2, -0.15) is 0 Å². The Hall–Kier alpha value is -1.55. The number of piperidine rings is 1. The highest BCUT2D eigenvalue weighted by Crippen LogP contribution is 2.50. The average molecular weight is 317 g/mol. The predicted octanol–water partition coefficient (Wildman–Crippen LogP) is 3.30. The number of aliphatic hydroxyl groups is 1. The molecular formula is C19H27NO3. The number of carbonyl (C=O) groups excluding carboxylic acids is 1. The molecule has 1 saturated carbocycles. The fourth-order valence-electron chi connectivity index (χ4n) is 4.43. The highest BCUT2D eigenvalue weighted by atomic mass is 16.5. The minimum absolute atomic E-state index is 0.0777. The third-order valence-electron chi connectivity index (χ3n) is 5.51. The Kier molecular flexibility index (Phi) is 4.62. The van der Waals surface area contributed by atoms with Crippen LogP contribution in [0.4, 0.5) is 0 Å². The Bertz CT molecular complexity index is 573. The number of likely N-dealkylation sites (tertiary alicyclic amines) is 1. The first-order chi connectivity index (χ1) is 11.1. The molecule has 1 aromatic rings. The summed E-state index contributed by atoms with van der Waals surface area (Å²) >= 11 is 0. The SMILES string of the molecule is CCOc1ccccc1[C@H]1C2CCCCC2(O)CCN1C(C)=O. The smallest absolute Gasteiger partial charge is 0.219 e. The topological polar surface area (TPSA) is 49.8 Å². The molecule has 23 heavy (non-hydrogen) atoms. The Morgan fingerprint density at radius 2 is 2.13 bits per heavy atom. The zero-order valence-corrected chi connectivity index (χ0v) is 14.1. The van der Waals surface area contributed by atoms with Crippen LogP contribution in [0.1, 0.15) is 57.6 Å². The van der Waals surface area contributed by atoms with Crippen molar-refractivity contribution in [2.75, 3.05) is 13.2 Å². The van der Waals surface area contributed by atoms with Crippen molar-refractivity contribution in [1.82, 2.24) is 4.90 Å². The summed E-state index contributed by atoms with van der Waals surface area (Å²) < 4.78 is 5.81. The summed E-state index contributed by atoms with van der Waals surface area (Å²) in [7, 11) is 0. The van der Waals surface area contributed by atoms with E-state index < -0.39 is 5.60 Å². The summed E-state index contributed by atoms with van der Waals surface area (Å²) in [5.41, 5.74) is 0.392. The molecule has 1 aliphatic carbocycles. The molecule has 0 spiro atoms. The molecule has 2 fully saturated rings. The monoisotopic (exact) mass is 317 g/mol. The van der Waals surface area contributed by atoms with E-state index in [1.54, 1.807) is 6.92 Å². The zero-order valence-electron chi connectivity index (χ0n) is 14.1.